The van der Waals surface area contributed by atoms with E-state index in [9.17, 15) is 4.39 Å². The number of hydrogen-bond donors (Lipinski definition) is 2. The van der Waals surface area contributed by atoms with Crippen LogP contribution >= 0.6 is 0 Å². The first-order valence-corrected chi connectivity index (χ1v) is 7.56. The van der Waals surface area contributed by atoms with Crippen molar-refractivity contribution < 1.29 is 4.39 Å². The molecule has 1 atom stereocenters. The van der Waals surface area contributed by atoms with E-state index in [-0.39, 0.29) is 11.7 Å². The predicted molar refractivity (Wildman–Crippen MR) is 84.0 cm³/mol. The zero-order valence-electron chi connectivity index (χ0n) is 12.9. The van der Waals surface area contributed by atoms with Crippen LogP contribution in [0, 0.1) is 11.2 Å². The first kappa shape index (κ1) is 15.9. The normalized spacial score (nSPS) is 21.2. The highest BCUT2D eigenvalue weighted by Crippen LogP contribution is 2.19. The highest BCUT2D eigenvalue weighted by atomic mass is 19.1. The number of nitrogens with two attached hydrogens (primary N) is 1. The summed E-state index contributed by atoms with van der Waals surface area (Å²) in [6.45, 7) is 6.11. The number of nitrogens with zero attached hydrogens (tertiary/aromatic N) is 2. The molecule has 0 bridgehead atoms. The van der Waals surface area contributed by atoms with Crippen molar-refractivity contribution in [1.29, 1.82) is 5.41 Å². The van der Waals surface area contributed by atoms with Crippen molar-refractivity contribution in [3.63, 3.8) is 0 Å². The fourth-order valence-corrected chi connectivity index (χ4v) is 3.04. The highest BCUT2D eigenvalue weighted by Gasteiger charge is 2.23. The van der Waals surface area contributed by atoms with Gasteiger partial charge in [-0.05, 0) is 44.1 Å². The predicted octanol–water partition coefficient (Wildman–Crippen LogP) is 2.03. The number of amidine groups is 1. The van der Waals surface area contributed by atoms with E-state index in [0.29, 0.717) is 11.6 Å². The van der Waals surface area contributed by atoms with E-state index in [1.54, 1.807) is 6.07 Å². The summed E-state index contributed by atoms with van der Waals surface area (Å²) in [5, 5.41) is 7.64. The van der Waals surface area contributed by atoms with E-state index in [1.807, 2.05) is 0 Å². The fourth-order valence-electron chi connectivity index (χ4n) is 3.04. The van der Waals surface area contributed by atoms with Gasteiger partial charge in [0.1, 0.15) is 11.7 Å². The molecular weight excluding hydrogens is 267 g/mol. The highest BCUT2D eigenvalue weighted by molar-refractivity contribution is 5.96. The minimum atomic E-state index is -0.341. The molecule has 1 fully saturated rings. The van der Waals surface area contributed by atoms with Crippen molar-refractivity contribution in [2.75, 3.05) is 26.7 Å². The van der Waals surface area contributed by atoms with Crippen LogP contribution in [0.3, 0.4) is 0 Å². The molecule has 1 unspecified atom stereocenters. The van der Waals surface area contributed by atoms with Crippen molar-refractivity contribution in [2.45, 2.75) is 32.4 Å². The Balaban J connectivity index is 2.21. The molecule has 0 aromatic heterocycles. The molecule has 0 spiro atoms. The molecule has 1 heterocycles. The third-order valence-electron chi connectivity index (χ3n) is 4.23. The number of hydrogen-bond acceptors (Lipinski definition) is 3. The largest absolute Gasteiger partial charge is 0.384 e. The molecule has 0 saturated carbocycles. The summed E-state index contributed by atoms with van der Waals surface area (Å²) in [6, 6.07) is 5.06. The molecule has 1 saturated heterocycles. The average Bonchev–Trinajstić information content (AvgIpc) is 2.62. The molecule has 4 nitrogen and oxygen atoms in total. The van der Waals surface area contributed by atoms with Gasteiger partial charge in [-0.1, -0.05) is 13.0 Å². The molecule has 0 aliphatic carbocycles. The molecule has 1 aliphatic heterocycles. The summed E-state index contributed by atoms with van der Waals surface area (Å²) in [6.07, 6.45) is 2.21. The van der Waals surface area contributed by atoms with Crippen LogP contribution in [-0.4, -0.2) is 48.4 Å². The van der Waals surface area contributed by atoms with Crippen LogP contribution in [0.2, 0.25) is 0 Å². The maximum atomic E-state index is 13.4. The summed E-state index contributed by atoms with van der Waals surface area (Å²) in [5.74, 6) is -0.406. The second kappa shape index (κ2) is 7.00. The Morgan fingerprint density at radius 3 is 2.86 bits per heavy atom. The number of nitrogen functional groups attached to an aromatic ring is 1. The molecule has 21 heavy (non-hydrogen) atoms. The molecular formula is C16H25FN4. The molecule has 3 N–H and O–H groups in total. The third-order valence-corrected chi connectivity index (χ3v) is 4.23. The summed E-state index contributed by atoms with van der Waals surface area (Å²) >= 11 is 0. The smallest absolute Gasteiger partial charge is 0.123 e. The van der Waals surface area contributed by atoms with Crippen molar-refractivity contribution in [3.05, 3.63) is 35.1 Å². The number of rotatable bonds is 4. The van der Waals surface area contributed by atoms with E-state index < -0.39 is 0 Å². The maximum absolute atomic E-state index is 13.4. The molecule has 0 radical (unpaired) electrons. The fraction of sp³-hybridized carbons (Fsp3) is 0.562. The number of likely N-dealkylation sites (N-methyl/N-ethyl adjacent to an activating group) is 1. The van der Waals surface area contributed by atoms with Crippen molar-refractivity contribution in [3.8, 4) is 0 Å². The second-order valence-corrected chi connectivity index (χ2v) is 5.86. The van der Waals surface area contributed by atoms with Gasteiger partial charge in [0.05, 0.1) is 0 Å². The van der Waals surface area contributed by atoms with Crippen molar-refractivity contribution in [2.24, 2.45) is 5.73 Å². The molecule has 1 aromatic rings. The van der Waals surface area contributed by atoms with Crippen LogP contribution in [0.25, 0.3) is 0 Å². The van der Waals surface area contributed by atoms with E-state index >= 15 is 0 Å². The van der Waals surface area contributed by atoms with E-state index in [0.717, 1.165) is 44.6 Å². The van der Waals surface area contributed by atoms with Gasteiger partial charge in [-0.3, -0.25) is 10.3 Å². The van der Waals surface area contributed by atoms with Crippen LogP contribution in [-0.2, 0) is 6.54 Å². The standard InChI is InChI=1S/C16H25FN4/c1-3-14-11-20(2)7-4-8-21(14)10-12-5-6-13(17)9-15(12)16(18)19/h5-6,9,14H,3-4,7-8,10-11H2,1-2H3,(H3,18,19). The molecule has 2 rings (SSSR count). The zero-order chi connectivity index (χ0) is 15.4. The quantitative estimate of drug-likeness (QED) is 0.659. The topological polar surface area (TPSA) is 56.4 Å². The van der Waals surface area contributed by atoms with Crippen LogP contribution in [0.1, 0.15) is 30.9 Å². The number of benzene rings is 1. The first-order chi connectivity index (χ1) is 10.0. The van der Waals surface area contributed by atoms with Gasteiger partial charge in [0.25, 0.3) is 0 Å². The Morgan fingerprint density at radius 1 is 1.43 bits per heavy atom. The SMILES string of the molecule is CCC1CN(C)CCCN1Cc1ccc(F)cc1C(=N)N. The average molecular weight is 292 g/mol. The van der Waals surface area contributed by atoms with Gasteiger partial charge in [0.2, 0.25) is 0 Å². The van der Waals surface area contributed by atoms with Crippen LogP contribution in [0.5, 0.6) is 0 Å². The van der Waals surface area contributed by atoms with E-state index in [4.69, 9.17) is 11.1 Å². The monoisotopic (exact) mass is 292 g/mol. The molecule has 1 aromatic carbocycles. The summed E-state index contributed by atoms with van der Waals surface area (Å²) in [7, 11) is 2.16. The Labute approximate surface area is 126 Å². The minimum Gasteiger partial charge on any atom is -0.384 e. The maximum Gasteiger partial charge on any atom is 0.123 e. The Bertz CT molecular complexity index is 503. The lowest BCUT2D eigenvalue weighted by atomic mass is 10.0. The lowest BCUT2D eigenvalue weighted by Crippen LogP contribution is -2.39. The van der Waals surface area contributed by atoms with Crippen LogP contribution in [0.15, 0.2) is 18.2 Å². The number of halogens is 1. The molecule has 116 valence electrons. The summed E-state index contributed by atoms with van der Waals surface area (Å²) in [5.41, 5.74) is 7.05. The lowest BCUT2D eigenvalue weighted by Gasteiger charge is -2.30. The third kappa shape index (κ3) is 4.02. The molecule has 1 aliphatic rings. The van der Waals surface area contributed by atoms with Gasteiger partial charge in [0, 0.05) is 31.2 Å². The Morgan fingerprint density at radius 2 is 2.19 bits per heavy atom. The number of nitrogens with one attached hydrogen (secondary N) is 1. The zero-order valence-corrected chi connectivity index (χ0v) is 12.9. The van der Waals surface area contributed by atoms with Gasteiger partial charge >= 0.3 is 0 Å². The van der Waals surface area contributed by atoms with Crippen LogP contribution < -0.4 is 5.73 Å². The van der Waals surface area contributed by atoms with Crippen LogP contribution in [0.4, 0.5) is 4.39 Å². The van der Waals surface area contributed by atoms with Crippen molar-refractivity contribution >= 4 is 5.84 Å². The Hall–Kier alpha value is -1.46. The minimum absolute atomic E-state index is 0.0653. The van der Waals surface area contributed by atoms with Gasteiger partial charge in [0.15, 0.2) is 0 Å². The molecule has 0 amide bonds. The Kier molecular flexibility index (Phi) is 5.31. The van der Waals surface area contributed by atoms with Gasteiger partial charge in [-0.25, -0.2) is 4.39 Å². The molecule has 5 heteroatoms. The van der Waals surface area contributed by atoms with Gasteiger partial charge in [-0.15, -0.1) is 0 Å². The second-order valence-electron chi connectivity index (χ2n) is 5.86. The van der Waals surface area contributed by atoms with E-state index in [1.165, 1.54) is 12.1 Å². The summed E-state index contributed by atoms with van der Waals surface area (Å²) in [4.78, 5) is 4.80. The van der Waals surface area contributed by atoms with Gasteiger partial charge < -0.3 is 10.6 Å². The summed E-state index contributed by atoms with van der Waals surface area (Å²) < 4.78 is 13.4. The van der Waals surface area contributed by atoms with Gasteiger partial charge in [-0.2, -0.15) is 0 Å². The van der Waals surface area contributed by atoms with E-state index in [2.05, 4.69) is 23.8 Å². The lowest BCUT2D eigenvalue weighted by molar-refractivity contribution is 0.176. The first-order valence-electron chi connectivity index (χ1n) is 7.56. The van der Waals surface area contributed by atoms with Crippen molar-refractivity contribution in [1.82, 2.24) is 9.80 Å².